The fourth-order valence-corrected chi connectivity index (χ4v) is 2.35. The molecule has 0 fully saturated rings. The number of hydrogen-bond acceptors (Lipinski definition) is 3. The molecule has 3 rings (SSSR count). The zero-order chi connectivity index (χ0) is 13.4. The van der Waals surface area contributed by atoms with Gasteiger partial charge in [0, 0.05) is 12.2 Å². The standard InChI is InChI=1S/C15H15N3O/c1-10(2)18-13-8-4-3-7-12(13)17-14-11(15(18)19)6-5-9-16-14/h3-10H,1-2H3,(H,16,17). The second kappa shape index (κ2) is 4.39. The Morgan fingerprint density at radius 3 is 2.74 bits per heavy atom. The monoisotopic (exact) mass is 253 g/mol. The van der Waals surface area contributed by atoms with Gasteiger partial charge < -0.3 is 10.2 Å². The number of nitrogens with one attached hydrogen (secondary N) is 1. The fraction of sp³-hybridized carbons (Fsp3) is 0.200. The van der Waals surface area contributed by atoms with Crippen molar-refractivity contribution in [2.45, 2.75) is 19.9 Å². The molecule has 19 heavy (non-hydrogen) atoms. The third-order valence-corrected chi connectivity index (χ3v) is 3.19. The SMILES string of the molecule is CC(C)N1C(=O)c2cccnc2Nc2ccccc21. The predicted molar refractivity (Wildman–Crippen MR) is 75.9 cm³/mol. The second-order valence-corrected chi connectivity index (χ2v) is 4.81. The molecule has 2 aromatic rings. The van der Waals surface area contributed by atoms with Crippen LogP contribution in [-0.2, 0) is 0 Å². The van der Waals surface area contributed by atoms with Crippen LogP contribution >= 0.6 is 0 Å². The first-order valence-electron chi connectivity index (χ1n) is 6.33. The molecule has 96 valence electrons. The van der Waals surface area contributed by atoms with E-state index in [0.29, 0.717) is 11.4 Å². The molecule has 4 nitrogen and oxygen atoms in total. The Morgan fingerprint density at radius 2 is 1.95 bits per heavy atom. The largest absolute Gasteiger partial charge is 0.338 e. The summed E-state index contributed by atoms with van der Waals surface area (Å²) in [7, 11) is 0. The number of pyridine rings is 1. The zero-order valence-corrected chi connectivity index (χ0v) is 10.9. The Balaban J connectivity index is 2.24. The molecule has 0 radical (unpaired) electrons. The van der Waals surface area contributed by atoms with Crippen LogP contribution in [0.3, 0.4) is 0 Å². The van der Waals surface area contributed by atoms with Crippen LogP contribution in [0, 0.1) is 0 Å². The molecular formula is C15H15N3O. The molecule has 0 atom stereocenters. The van der Waals surface area contributed by atoms with E-state index in [4.69, 9.17) is 0 Å². The number of nitrogens with zero attached hydrogens (tertiary/aromatic N) is 2. The van der Waals surface area contributed by atoms with Gasteiger partial charge in [0.1, 0.15) is 5.82 Å². The van der Waals surface area contributed by atoms with Gasteiger partial charge in [-0.1, -0.05) is 12.1 Å². The number of fused-ring (bicyclic) bond motifs is 2. The van der Waals surface area contributed by atoms with Gasteiger partial charge in [-0.15, -0.1) is 0 Å². The number of rotatable bonds is 1. The molecule has 4 heteroatoms. The van der Waals surface area contributed by atoms with E-state index in [0.717, 1.165) is 11.4 Å². The summed E-state index contributed by atoms with van der Waals surface area (Å²) in [4.78, 5) is 18.8. The van der Waals surface area contributed by atoms with Crippen LogP contribution in [0.25, 0.3) is 0 Å². The number of amides is 1. The molecule has 1 amide bonds. The molecule has 0 bridgehead atoms. The minimum absolute atomic E-state index is 0.0180. The van der Waals surface area contributed by atoms with E-state index in [1.54, 1.807) is 23.2 Å². The first-order chi connectivity index (χ1) is 9.18. The fourth-order valence-electron chi connectivity index (χ4n) is 2.35. The molecular weight excluding hydrogens is 238 g/mol. The molecule has 1 aromatic carbocycles. The lowest BCUT2D eigenvalue weighted by atomic mass is 10.2. The minimum Gasteiger partial charge on any atom is -0.338 e. The van der Waals surface area contributed by atoms with Gasteiger partial charge in [-0.3, -0.25) is 4.79 Å². The highest BCUT2D eigenvalue weighted by molar-refractivity contribution is 6.13. The molecule has 0 saturated heterocycles. The molecule has 0 unspecified atom stereocenters. The first kappa shape index (κ1) is 11.7. The summed E-state index contributed by atoms with van der Waals surface area (Å²) in [5, 5.41) is 3.24. The molecule has 1 aliphatic heterocycles. The number of anilines is 3. The van der Waals surface area contributed by atoms with Gasteiger partial charge >= 0.3 is 0 Å². The van der Waals surface area contributed by atoms with Crippen molar-refractivity contribution in [3.05, 3.63) is 48.2 Å². The summed E-state index contributed by atoms with van der Waals surface area (Å²) < 4.78 is 0. The Morgan fingerprint density at radius 1 is 1.16 bits per heavy atom. The minimum atomic E-state index is -0.0180. The van der Waals surface area contributed by atoms with E-state index in [9.17, 15) is 4.79 Å². The van der Waals surface area contributed by atoms with Crippen molar-refractivity contribution in [1.82, 2.24) is 4.98 Å². The average Bonchev–Trinajstić information content (AvgIpc) is 2.53. The van der Waals surface area contributed by atoms with E-state index in [1.807, 2.05) is 38.1 Å². The normalized spacial score (nSPS) is 13.6. The van der Waals surface area contributed by atoms with Gasteiger partial charge in [-0.05, 0) is 38.1 Å². The van der Waals surface area contributed by atoms with Crippen molar-refractivity contribution in [2.75, 3.05) is 10.2 Å². The van der Waals surface area contributed by atoms with E-state index in [-0.39, 0.29) is 11.9 Å². The van der Waals surface area contributed by atoms with Crippen molar-refractivity contribution in [1.29, 1.82) is 0 Å². The number of carbonyl (C=O) groups excluding carboxylic acids is 1. The topological polar surface area (TPSA) is 45.2 Å². The van der Waals surface area contributed by atoms with E-state index < -0.39 is 0 Å². The average molecular weight is 253 g/mol. The lowest BCUT2D eigenvalue weighted by Crippen LogP contribution is -2.36. The van der Waals surface area contributed by atoms with E-state index in [1.165, 1.54) is 0 Å². The Hall–Kier alpha value is -2.36. The smallest absolute Gasteiger partial charge is 0.262 e. The van der Waals surface area contributed by atoms with Crippen molar-refractivity contribution in [2.24, 2.45) is 0 Å². The number of hydrogen-bond donors (Lipinski definition) is 1. The highest BCUT2D eigenvalue weighted by atomic mass is 16.2. The number of aromatic nitrogens is 1. The third-order valence-electron chi connectivity index (χ3n) is 3.19. The zero-order valence-electron chi connectivity index (χ0n) is 10.9. The van der Waals surface area contributed by atoms with Gasteiger partial charge in [0.25, 0.3) is 5.91 Å². The van der Waals surface area contributed by atoms with Crippen LogP contribution in [-0.4, -0.2) is 16.9 Å². The highest BCUT2D eigenvalue weighted by Crippen LogP contribution is 2.35. The van der Waals surface area contributed by atoms with Crippen LogP contribution in [0.5, 0.6) is 0 Å². The van der Waals surface area contributed by atoms with Crippen LogP contribution in [0.4, 0.5) is 17.2 Å². The van der Waals surface area contributed by atoms with Gasteiger partial charge in [0.05, 0.1) is 16.9 Å². The Kier molecular flexibility index (Phi) is 2.71. The maximum absolute atomic E-state index is 12.7. The lowest BCUT2D eigenvalue weighted by molar-refractivity contribution is 0.0981. The summed E-state index contributed by atoms with van der Waals surface area (Å²) in [5.41, 5.74) is 2.40. The van der Waals surface area contributed by atoms with Crippen LogP contribution in [0.1, 0.15) is 24.2 Å². The number of benzene rings is 1. The van der Waals surface area contributed by atoms with Gasteiger partial charge in [0.2, 0.25) is 0 Å². The van der Waals surface area contributed by atoms with E-state index >= 15 is 0 Å². The van der Waals surface area contributed by atoms with Crippen molar-refractivity contribution >= 4 is 23.1 Å². The van der Waals surface area contributed by atoms with E-state index in [2.05, 4.69) is 10.3 Å². The third kappa shape index (κ3) is 1.85. The first-order valence-corrected chi connectivity index (χ1v) is 6.33. The summed E-state index contributed by atoms with van der Waals surface area (Å²) >= 11 is 0. The summed E-state index contributed by atoms with van der Waals surface area (Å²) in [6.07, 6.45) is 1.69. The molecule has 2 heterocycles. The lowest BCUT2D eigenvalue weighted by Gasteiger charge is -2.26. The van der Waals surface area contributed by atoms with Crippen LogP contribution in [0.15, 0.2) is 42.6 Å². The van der Waals surface area contributed by atoms with Crippen molar-refractivity contribution in [3.63, 3.8) is 0 Å². The Bertz CT molecular complexity index is 637. The summed E-state index contributed by atoms with van der Waals surface area (Å²) in [6, 6.07) is 11.5. The Labute approximate surface area is 112 Å². The molecule has 1 aromatic heterocycles. The molecule has 0 aliphatic carbocycles. The molecule has 0 spiro atoms. The summed E-state index contributed by atoms with van der Waals surface area (Å²) in [5.74, 6) is 0.596. The van der Waals surface area contributed by atoms with Gasteiger partial charge in [-0.25, -0.2) is 4.98 Å². The van der Waals surface area contributed by atoms with Crippen LogP contribution in [0.2, 0.25) is 0 Å². The number of para-hydroxylation sites is 2. The highest BCUT2D eigenvalue weighted by Gasteiger charge is 2.28. The van der Waals surface area contributed by atoms with Gasteiger partial charge in [-0.2, -0.15) is 0 Å². The maximum Gasteiger partial charge on any atom is 0.262 e. The number of carbonyl (C=O) groups is 1. The second-order valence-electron chi connectivity index (χ2n) is 4.81. The molecule has 1 aliphatic rings. The molecule has 0 saturated carbocycles. The van der Waals surface area contributed by atoms with Crippen molar-refractivity contribution in [3.8, 4) is 0 Å². The predicted octanol–water partition coefficient (Wildman–Crippen LogP) is 3.19. The maximum atomic E-state index is 12.7. The van der Waals surface area contributed by atoms with Crippen molar-refractivity contribution < 1.29 is 4.79 Å². The summed E-state index contributed by atoms with van der Waals surface area (Å²) in [6.45, 7) is 4.02. The quantitative estimate of drug-likeness (QED) is 0.848. The van der Waals surface area contributed by atoms with Gasteiger partial charge in [0.15, 0.2) is 0 Å². The molecule has 1 N–H and O–H groups in total. The van der Waals surface area contributed by atoms with Crippen LogP contribution < -0.4 is 10.2 Å².